The van der Waals surface area contributed by atoms with Crippen molar-refractivity contribution in [2.45, 2.75) is 19.4 Å². The van der Waals surface area contributed by atoms with Crippen LogP contribution in [0.1, 0.15) is 30.5 Å². The summed E-state index contributed by atoms with van der Waals surface area (Å²) in [7, 11) is 1.58. The minimum atomic E-state index is -0.709. The van der Waals surface area contributed by atoms with Crippen LogP contribution in [-0.2, 0) is 14.3 Å². The first kappa shape index (κ1) is 21.9. The molecule has 0 aromatic heterocycles. The van der Waals surface area contributed by atoms with Crippen molar-refractivity contribution in [2.24, 2.45) is 0 Å². The number of aliphatic hydroxyl groups is 1. The van der Waals surface area contributed by atoms with Gasteiger partial charge in [0.05, 0.1) is 18.2 Å². The number of carbonyl (C=O) groups is 2. The Kier molecular flexibility index (Phi) is 7.13. The van der Waals surface area contributed by atoms with Crippen molar-refractivity contribution in [1.82, 2.24) is 4.90 Å². The van der Waals surface area contributed by atoms with E-state index in [1.807, 2.05) is 6.92 Å². The largest absolute Gasteiger partial charge is 0.507 e. The van der Waals surface area contributed by atoms with Crippen LogP contribution in [0.2, 0.25) is 5.02 Å². The van der Waals surface area contributed by atoms with Gasteiger partial charge in [-0.3, -0.25) is 9.59 Å². The number of rotatable bonds is 8. The number of ether oxygens (including phenoxy) is 2. The van der Waals surface area contributed by atoms with E-state index in [1.54, 1.807) is 55.6 Å². The Bertz CT molecular complexity index is 937. The lowest BCUT2D eigenvalue weighted by molar-refractivity contribution is -0.140. The predicted octanol–water partition coefficient (Wildman–Crippen LogP) is 4.20. The summed E-state index contributed by atoms with van der Waals surface area (Å²) in [5.41, 5.74) is 1.19. The molecular weight excluding hydrogens is 406 g/mol. The number of likely N-dealkylation sites (tertiary alicyclic amines) is 1. The zero-order valence-corrected chi connectivity index (χ0v) is 17.7. The summed E-state index contributed by atoms with van der Waals surface area (Å²) in [4.78, 5) is 27.1. The molecule has 1 unspecified atom stereocenters. The molecule has 1 aliphatic rings. The number of carbonyl (C=O) groups excluding carboxylic acids is 2. The van der Waals surface area contributed by atoms with E-state index in [0.29, 0.717) is 48.1 Å². The Morgan fingerprint density at radius 1 is 1.10 bits per heavy atom. The van der Waals surface area contributed by atoms with Crippen LogP contribution in [0.3, 0.4) is 0 Å². The molecule has 1 fully saturated rings. The lowest BCUT2D eigenvalue weighted by Crippen LogP contribution is -2.31. The quantitative estimate of drug-likeness (QED) is 0.294. The van der Waals surface area contributed by atoms with Crippen LogP contribution in [0, 0.1) is 0 Å². The number of ketones is 1. The minimum absolute atomic E-state index is 0.0592. The van der Waals surface area contributed by atoms with Gasteiger partial charge in [0.1, 0.15) is 11.5 Å². The van der Waals surface area contributed by atoms with Crippen LogP contribution in [0.25, 0.3) is 5.76 Å². The maximum atomic E-state index is 12.9. The zero-order valence-electron chi connectivity index (χ0n) is 16.9. The molecule has 0 aliphatic carbocycles. The summed E-state index contributed by atoms with van der Waals surface area (Å²) in [6, 6.07) is 13.0. The van der Waals surface area contributed by atoms with E-state index in [-0.39, 0.29) is 11.3 Å². The fourth-order valence-corrected chi connectivity index (χ4v) is 3.64. The van der Waals surface area contributed by atoms with Crippen LogP contribution in [0.5, 0.6) is 5.75 Å². The summed E-state index contributed by atoms with van der Waals surface area (Å²) in [5, 5.41) is 11.5. The third-order valence-corrected chi connectivity index (χ3v) is 5.16. The second-order valence-corrected chi connectivity index (χ2v) is 7.28. The molecule has 2 aromatic rings. The predicted molar refractivity (Wildman–Crippen MR) is 115 cm³/mol. The van der Waals surface area contributed by atoms with Gasteiger partial charge in [-0.25, -0.2) is 0 Å². The summed E-state index contributed by atoms with van der Waals surface area (Å²) >= 11 is 6.01. The molecule has 0 spiro atoms. The summed E-state index contributed by atoms with van der Waals surface area (Å²) in [5.74, 6) is -0.911. The average molecular weight is 430 g/mol. The van der Waals surface area contributed by atoms with Gasteiger partial charge < -0.3 is 19.5 Å². The molecule has 0 radical (unpaired) electrons. The first-order valence-electron chi connectivity index (χ1n) is 9.74. The Morgan fingerprint density at radius 2 is 1.77 bits per heavy atom. The number of methoxy groups -OCH3 is 1. The fourth-order valence-electron chi connectivity index (χ4n) is 3.51. The normalized spacial score (nSPS) is 18.1. The van der Waals surface area contributed by atoms with Crippen molar-refractivity contribution in [3.63, 3.8) is 0 Å². The van der Waals surface area contributed by atoms with Gasteiger partial charge in [-0.1, -0.05) is 23.7 Å². The molecule has 0 bridgehead atoms. The molecule has 30 heavy (non-hydrogen) atoms. The smallest absolute Gasteiger partial charge is 0.295 e. The molecular formula is C23H24ClNO5. The molecule has 7 heteroatoms. The zero-order chi connectivity index (χ0) is 21.7. The summed E-state index contributed by atoms with van der Waals surface area (Å²) < 4.78 is 10.5. The number of aliphatic hydroxyl groups excluding tert-OH is 1. The number of Topliss-reactive ketones (excluding diaryl/α,β-unsaturated/α-hetero) is 1. The number of hydrogen-bond acceptors (Lipinski definition) is 5. The highest BCUT2D eigenvalue weighted by Crippen LogP contribution is 2.39. The first-order valence-corrected chi connectivity index (χ1v) is 10.1. The van der Waals surface area contributed by atoms with E-state index in [4.69, 9.17) is 21.1 Å². The van der Waals surface area contributed by atoms with Crippen molar-refractivity contribution in [1.29, 1.82) is 0 Å². The molecule has 1 N–H and O–H groups in total. The van der Waals surface area contributed by atoms with Gasteiger partial charge >= 0.3 is 0 Å². The summed E-state index contributed by atoms with van der Waals surface area (Å²) in [6.45, 7) is 3.18. The van der Waals surface area contributed by atoms with Crippen LogP contribution in [0.15, 0.2) is 54.1 Å². The molecule has 1 saturated heterocycles. The van der Waals surface area contributed by atoms with Crippen LogP contribution in [-0.4, -0.2) is 48.6 Å². The molecule has 1 amide bonds. The second kappa shape index (κ2) is 9.78. The monoisotopic (exact) mass is 429 g/mol. The Morgan fingerprint density at radius 3 is 2.37 bits per heavy atom. The molecule has 1 aliphatic heterocycles. The maximum absolute atomic E-state index is 12.9. The first-order chi connectivity index (χ1) is 14.5. The average Bonchev–Trinajstić information content (AvgIpc) is 3.00. The Labute approximate surface area is 180 Å². The number of hydrogen-bond donors (Lipinski definition) is 1. The van der Waals surface area contributed by atoms with Gasteiger partial charge in [-0.15, -0.1) is 0 Å². The fraction of sp³-hybridized carbons (Fsp3) is 0.304. The molecule has 158 valence electrons. The van der Waals surface area contributed by atoms with Crippen molar-refractivity contribution < 1.29 is 24.2 Å². The molecule has 6 nitrogen and oxygen atoms in total. The van der Waals surface area contributed by atoms with Crippen molar-refractivity contribution in [3.8, 4) is 5.75 Å². The second-order valence-electron chi connectivity index (χ2n) is 6.85. The van der Waals surface area contributed by atoms with E-state index in [2.05, 4.69) is 0 Å². The van der Waals surface area contributed by atoms with Gasteiger partial charge in [0, 0.05) is 30.8 Å². The molecule has 3 rings (SSSR count). The van der Waals surface area contributed by atoms with E-state index >= 15 is 0 Å². The SMILES string of the molecule is CCOc1ccc(/C(O)=C2\C(=O)C(=O)N(CCCOC)C2c2ccc(Cl)cc2)cc1. The van der Waals surface area contributed by atoms with Crippen molar-refractivity contribution in [3.05, 3.63) is 70.3 Å². The van der Waals surface area contributed by atoms with Gasteiger partial charge in [-0.2, -0.15) is 0 Å². The highest BCUT2D eigenvalue weighted by molar-refractivity contribution is 6.46. The third-order valence-electron chi connectivity index (χ3n) is 4.91. The lowest BCUT2D eigenvalue weighted by Gasteiger charge is -2.25. The summed E-state index contributed by atoms with van der Waals surface area (Å²) in [6.07, 6.45) is 0.566. The number of benzene rings is 2. The van der Waals surface area contributed by atoms with Gasteiger partial charge in [0.2, 0.25) is 0 Å². The number of nitrogens with zero attached hydrogens (tertiary/aromatic N) is 1. The van der Waals surface area contributed by atoms with Crippen LogP contribution in [0.4, 0.5) is 0 Å². The highest BCUT2D eigenvalue weighted by atomic mass is 35.5. The van der Waals surface area contributed by atoms with E-state index < -0.39 is 17.7 Å². The van der Waals surface area contributed by atoms with Gasteiger partial charge in [0.25, 0.3) is 11.7 Å². The van der Waals surface area contributed by atoms with E-state index in [9.17, 15) is 14.7 Å². The van der Waals surface area contributed by atoms with E-state index in [0.717, 1.165) is 0 Å². The standard InChI is InChI=1S/C23H24ClNO5/c1-3-30-18-11-7-16(8-12-18)21(26)19-20(15-5-9-17(24)10-6-15)25(13-4-14-29-2)23(28)22(19)27/h5-12,20,26H,3-4,13-14H2,1-2H3/b21-19+. The Hall–Kier alpha value is -2.83. The molecule has 1 heterocycles. The molecule has 2 aromatic carbocycles. The van der Waals surface area contributed by atoms with Crippen LogP contribution < -0.4 is 4.74 Å². The van der Waals surface area contributed by atoms with Gasteiger partial charge in [0.15, 0.2) is 0 Å². The van der Waals surface area contributed by atoms with Gasteiger partial charge in [-0.05, 0) is 55.3 Å². The highest BCUT2D eigenvalue weighted by Gasteiger charge is 2.45. The third kappa shape index (κ3) is 4.50. The van der Waals surface area contributed by atoms with E-state index in [1.165, 1.54) is 4.90 Å². The topological polar surface area (TPSA) is 76.1 Å². The van der Waals surface area contributed by atoms with Crippen LogP contribution >= 0.6 is 11.6 Å². The lowest BCUT2D eigenvalue weighted by atomic mass is 9.95. The maximum Gasteiger partial charge on any atom is 0.295 e. The Balaban J connectivity index is 2.06. The van der Waals surface area contributed by atoms with Crippen molar-refractivity contribution in [2.75, 3.05) is 26.9 Å². The number of amides is 1. The number of halogens is 1. The minimum Gasteiger partial charge on any atom is -0.507 e. The molecule has 0 saturated carbocycles. The molecule has 1 atom stereocenters. The van der Waals surface area contributed by atoms with Crippen molar-refractivity contribution >= 4 is 29.1 Å².